The maximum Gasteiger partial charge on any atom is 0.338 e. The molecule has 4 aromatic carbocycles. The predicted molar refractivity (Wildman–Crippen MR) is 182 cm³/mol. The Hall–Kier alpha value is -5.07. The smallest absolute Gasteiger partial charge is 0.338 e. The molecular weight excluding hydrogens is 686 g/mol. The number of halogens is 1. The minimum atomic E-state index is -0.893. The van der Waals surface area contributed by atoms with Gasteiger partial charge >= 0.3 is 5.97 Å². The van der Waals surface area contributed by atoms with Crippen LogP contribution in [0.2, 0.25) is 0 Å². The van der Waals surface area contributed by atoms with Crippen molar-refractivity contribution in [3.63, 3.8) is 0 Å². The number of nitrogens with zero attached hydrogens (tertiary/aromatic N) is 3. The molecule has 6 rings (SSSR count). The van der Waals surface area contributed by atoms with E-state index in [1.165, 1.54) is 40.2 Å². The van der Waals surface area contributed by atoms with Crippen LogP contribution in [-0.2, 0) is 16.1 Å². The second kappa shape index (κ2) is 13.3. The number of esters is 1. The van der Waals surface area contributed by atoms with Gasteiger partial charge in [0.25, 0.3) is 11.2 Å². The molecule has 0 saturated heterocycles. The number of carbonyl (C=O) groups excluding carboxylic acids is 1. The Balaban J connectivity index is 1.40. The van der Waals surface area contributed by atoms with Gasteiger partial charge in [-0.05, 0) is 71.7 Å². The van der Waals surface area contributed by atoms with Gasteiger partial charge in [0.2, 0.25) is 0 Å². The van der Waals surface area contributed by atoms with Gasteiger partial charge < -0.3 is 14.2 Å². The summed E-state index contributed by atoms with van der Waals surface area (Å²) in [6, 6.07) is 22.6. The van der Waals surface area contributed by atoms with Gasteiger partial charge in [-0.3, -0.25) is 19.5 Å². The first kappa shape index (κ1) is 31.9. The minimum Gasteiger partial charge on any atom is -0.493 e. The molecule has 0 amide bonds. The number of methoxy groups -OCH3 is 1. The number of nitro groups is 1. The number of non-ortho nitro benzene ring substituents is 1. The molecule has 0 aliphatic carbocycles. The summed E-state index contributed by atoms with van der Waals surface area (Å²) in [5.74, 6) is 0.397. The molecule has 2 heterocycles. The molecule has 238 valence electrons. The Bertz CT molecular complexity index is 2250. The van der Waals surface area contributed by atoms with Crippen molar-refractivity contribution < 1.29 is 23.9 Å². The van der Waals surface area contributed by atoms with Crippen LogP contribution in [0.3, 0.4) is 0 Å². The largest absolute Gasteiger partial charge is 0.493 e. The zero-order valence-electron chi connectivity index (χ0n) is 25.6. The zero-order valence-corrected chi connectivity index (χ0v) is 28.0. The second-order valence-corrected chi connectivity index (χ2v) is 12.5. The van der Waals surface area contributed by atoms with Crippen molar-refractivity contribution in [3.05, 3.63) is 141 Å². The highest BCUT2D eigenvalue weighted by molar-refractivity contribution is 9.10. The third-order valence-electron chi connectivity index (χ3n) is 7.77. The van der Waals surface area contributed by atoms with Crippen LogP contribution in [0.25, 0.3) is 16.8 Å². The first-order valence-corrected chi connectivity index (χ1v) is 16.2. The van der Waals surface area contributed by atoms with E-state index in [4.69, 9.17) is 14.2 Å². The molecule has 1 aliphatic heterocycles. The number of rotatable bonds is 9. The normalized spacial score (nSPS) is 14.5. The van der Waals surface area contributed by atoms with E-state index in [0.29, 0.717) is 48.7 Å². The maximum atomic E-state index is 14.0. The standard InChI is InChI=1S/C35H28BrN3O7S/c1-4-45-34(41)31-20(2)37-35-38(32(31)22-12-14-25(15-13-22)39(42)43)33(40)30(47-35)17-24-16-28(44-3)29(18-27(24)36)46-19-23-10-7-9-21-8-5-6-11-26(21)23/h5-18,32H,4,19H2,1-3H3/b30-17+/t32-/m1/s1. The van der Waals surface area contributed by atoms with Gasteiger partial charge in [-0.1, -0.05) is 69.7 Å². The van der Waals surface area contributed by atoms with E-state index in [9.17, 15) is 19.7 Å². The molecule has 0 N–H and O–H groups in total. The Kier molecular flexibility index (Phi) is 9.06. The minimum absolute atomic E-state index is 0.108. The lowest BCUT2D eigenvalue weighted by Crippen LogP contribution is -2.39. The summed E-state index contributed by atoms with van der Waals surface area (Å²) in [5.41, 5.74) is 2.31. The molecule has 1 aromatic heterocycles. The summed E-state index contributed by atoms with van der Waals surface area (Å²) in [7, 11) is 1.55. The number of hydrogen-bond acceptors (Lipinski definition) is 9. The van der Waals surface area contributed by atoms with E-state index in [0.717, 1.165) is 16.3 Å². The van der Waals surface area contributed by atoms with Crippen LogP contribution in [0.15, 0.2) is 104 Å². The monoisotopic (exact) mass is 713 g/mol. The number of hydrogen-bond donors (Lipinski definition) is 0. The zero-order chi connectivity index (χ0) is 33.2. The molecule has 0 bridgehead atoms. The van der Waals surface area contributed by atoms with Crippen molar-refractivity contribution in [3.8, 4) is 11.5 Å². The van der Waals surface area contributed by atoms with Crippen LogP contribution >= 0.6 is 27.3 Å². The highest BCUT2D eigenvalue weighted by Crippen LogP contribution is 2.35. The summed E-state index contributed by atoms with van der Waals surface area (Å²) in [5, 5.41) is 13.5. The van der Waals surface area contributed by atoms with Crippen LogP contribution < -0.4 is 24.4 Å². The average molecular weight is 715 g/mol. The van der Waals surface area contributed by atoms with E-state index < -0.39 is 16.9 Å². The number of allylic oxidation sites excluding steroid dienone is 1. The molecule has 0 radical (unpaired) electrons. The summed E-state index contributed by atoms with van der Waals surface area (Å²) in [6.45, 7) is 3.83. The third-order valence-corrected chi connectivity index (χ3v) is 9.44. The Morgan fingerprint density at radius 1 is 1.09 bits per heavy atom. The number of ether oxygens (including phenoxy) is 3. The van der Waals surface area contributed by atoms with Crippen molar-refractivity contribution >= 4 is 55.8 Å². The first-order chi connectivity index (χ1) is 22.7. The lowest BCUT2D eigenvalue weighted by Gasteiger charge is -2.24. The van der Waals surface area contributed by atoms with Crippen molar-refractivity contribution in [1.82, 2.24) is 4.57 Å². The molecular formula is C35H28BrN3O7S. The van der Waals surface area contributed by atoms with Crippen LogP contribution in [0.5, 0.6) is 11.5 Å². The molecule has 1 aliphatic rings. The molecule has 0 spiro atoms. The SMILES string of the molecule is CCOC(=O)C1=C(C)N=c2s/c(=C/c3cc(OC)c(OCc4cccc5ccccc45)cc3Br)c(=O)n2[C@@H]1c1ccc([N+](=O)[O-])cc1. The Morgan fingerprint density at radius 3 is 2.55 bits per heavy atom. The highest BCUT2D eigenvalue weighted by Gasteiger charge is 2.33. The number of carbonyl (C=O) groups is 1. The third kappa shape index (κ3) is 6.21. The average Bonchev–Trinajstić information content (AvgIpc) is 3.37. The van der Waals surface area contributed by atoms with Crippen LogP contribution in [0.4, 0.5) is 5.69 Å². The van der Waals surface area contributed by atoms with E-state index in [-0.39, 0.29) is 23.4 Å². The van der Waals surface area contributed by atoms with E-state index in [1.807, 2.05) is 24.3 Å². The summed E-state index contributed by atoms with van der Waals surface area (Å²) in [6.07, 6.45) is 1.72. The lowest BCUT2D eigenvalue weighted by atomic mass is 9.95. The molecule has 12 heteroatoms. The summed E-state index contributed by atoms with van der Waals surface area (Å²) >= 11 is 4.80. The van der Waals surface area contributed by atoms with Crippen LogP contribution in [0, 0.1) is 10.1 Å². The molecule has 1 atom stereocenters. The number of nitro benzene ring substituents is 1. The maximum absolute atomic E-state index is 14.0. The molecule has 10 nitrogen and oxygen atoms in total. The number of thiazole rings is 1. The number of fused-ring (bicyclic) bond motifs is 2. The predicted octanol–water partition coefficient (Wildman–Crippen LogP) is 6.21. The Labute approximate surface area is 281 Å². The van der Waals surface area contributed by atoms with Crippen molar-refractivity contribution in [2.75, 3.05) is 13.7 Å². The quantitative estimate of drug-likeness (QED) is 0.101. The fraction of sp³-hybridized carbons (Fsp3) is 0.171. The van der Waals surface area contributed by atoms with Crippen LogP contribution in [0.1, 0.15) is 36.6 Å². The fourth-order valence-electron chi connectivity index (χ4n) is 5.53. The van der Waals surface area contributed by atoms with Crippen molar-refractivity contribution in [2.45, 2.75) is 26.5 Å². The van der Waals surface area contributed by atoms with Gasteiger partial charge in [0.15, 0.2) is 16.3 Å². The molecule has 5 aromatic rings. The molecule has 0 fully saturated rings. The topological polar surface area (TPSA) is 122 Å². The lowest BCUT2D eigenvalue weighted by molar-refractivity contribution is -0.384. The summed E-state index contributed by atoms with van der Waals surface area (Å²) < 4.78 is 19.7. The Morgan fingerprint density at radius 2 is 1.83 bits per heavy atom. The van der Waals surface area contributed by atoms with E-state index in [2.05, 4.69) is 39.1 Å². The number of benzene rings is 4. The van der Waals surface area contributed by atoms with Crippen molar-refractivity contribution in [2.24, 2.45) is 4.99 Å². The fourth-order valence-corrected chi connectivity index (χ4v) is 7.01. The summed E-state index contributed by atoms with van der Waals surface area (Å²) in [4.78, 5) is 43.0. The molecule has 47 heavy (non-hydrogen) atoms. The van der Waals surface area contributed by atoms with Gasteiger partial charge in [-0.15, -0.1) is 0 Å². The van der Waals surface area contributed by atoms with Crippen LogP contribution in [-0.4, -0.2) is 29.2 Å². The van der Waals surface area contributed by atoms with Gasteiger partial charge in [0.1, 0.15) is 6.61 Å². The van der Waals surface area contributed by atoms with E-state index >= 15 is 0 Å². The van der Waals surface area contributed by atoms with Crippen molar-refractivity contribution in [1.29, 1.82) is 0 Å². The van der Waals surface area contributed by atoms with Gasteiger partial charge in [-0.25, -0.2) is 9.79 Å². The highest BCUT2D eigenvalue weighted by atomic mass is 79.9. The first-order valence-electron chi connectivity index (χ1n) is 14.6. The van der Waals surface area contributed by atoms with Gasteiger partial charge in [0, 0.05) is 16.6 Å². The molecule has 0 saturated carbocycles. The number of aromatic nitrogens is 1. The van der Waals surface area contributed by atoms with Gasteiger partial charge in [-0.2, -0.15) is 0 Å². The van der Waals surface area contributed by atoms with Gasteiger partial charge in [0.05, 0.1) is 40.5 Å². The molecule has 0 unspecified atom stereocenters. The second-order valence-electron chi connectivity index (χ2n) is 10.6. The van der Waals surface area contributed by atoms with E-state index in [1.54, 1.807) is 39.2 Å².